The maximum absolute atomic E-state index is 11.2. The Labute approximate surface area is 70.9 Å². The largest absolute Gasteiger partial charge is 0.499 e. The average molecular weight is 194 g/mol. The third kappa shape index (κ3) is 2.95. The van der Waals surface area contributed by atoms with Gasteiger partial charge < -0.3 is 4.74 Å². The zero-order valence-corrected chi connectivity index (χ0v) is 7.50. The van der Waals surface area contributed by atoms with Crippen LogP contribution >= 0.6 is 7.82 Å². The topological polar surface area (TPSA) is 54.0 Å². The minimum atomic E-state index is -3.22. The molecule has 0 radical (unpaired) electrons. The van der Waals surface area contributed by atoms with Gasteiger partial charge in [-0.3, -0.25) is 13.6 Å². The fourth-order valence-corrected chi connectivity index (χ4v) is 1.81. The summed E-state index contributed by atoms with van der Waals surface area (Å²) in [7, 11) is -3.22. The normalized spacial score (nSPS) is 20.7. The third-order valence-electron chi connectivity index (χ3n) is 1.15. The van der Waals surface area contributed by atoms with Gasteiger partial charge in [0.15, 0.2) is 0 Å². The summed E-state index contributed by atoms with van der Waals surface area (Å²) in [5, 5.41) is 0. The van der Waals surface area contributed by atoms with Crippen LogP contribution in [0, 0.1) is 0 Å². The molecule has 0 unspecified atom stereocenters. The monoisotopic (exact) mass is 194 g/mol. The Morgan fingerprint density at radius 1 is 1.42 bits per heavy atom. The molecule has 0 amide bonds. The van der Waals surface area contributed by atoms with Crippen LogP contribution in [0.4, 0.5) is 0 Å². The minimum absolute atomic E-state index is 0.170. The molecule has 12 heavy (non-hydrogen) atoms. The molecule has 70 valence electrons. The van der Waals surface area contributed by atoms with E-state index in [4.69, 9.17) is 18.3 Å². The molecule has 0 aromatic carbocycles. The van der Waals surface area contributed by atoms with Crippen LogP contribution in [0.25, 0.3) is 0 Å². The first kappa shape index (κ1) is 9.74. The maximum atomic E-state index is 11.2. The van der Waals surface area contributed by atoms with Gasteiger partial charge in [-0.25, -0.2) is 4.57 Å². The fraction of sp³-hybridized carbons (Fsp3) is 0.667. The van der Waals surface area contributed by atoms with E-state index in [0.29, 0.717) is 19.8 Å². The number of hydrogen-bond donors (Lipinski definition) is 0. The molecule has 1 heterocycles. The number of hydrogen-bond acceptors (Lipinski definition) is 5. The van der Waals surface area contributed by atoms with E-state index in [1.54, 1.807) is 0 Å². The second-order valence-corrected chi connectivity index (χ2v) is 3.65. The zero-order chi connectivity index (χ0) is 8.86. The Morgan fingerprint density at radius 3 is 2.67 bits per heavy atom. The molecule has 5 nitrogen and oxygen atoms in total. The van der Waals surface area contributed by atoms with Crippen molar-refractivity contribution in [3.05, 3.63) is 12.8 Å². The van der Waals surface area contributed by atoms with Crippen molar-refractivity contribution in [3.8, 4) is 0 Å². The van der Waals surface area contributed by atoms with Crippen molar-refractivity contribution in [2.45, 2.75) is 0 Å². The summed E-state index contributed by atoms with van der Waals surface area (Å²) in [5.74, 6) is 0. The van der Waals surface area contributed by atoms with E-state index in [1.165, 1.54) is 6.26 Å². The molecule has 0 bridgehead atoms. The van der Waals surface area contributed by atoms with Gasteiger partial charge in [0.25, 0.3) is 0 Å². The molecule has 1 rings (SSSR count). The van der Waals surface area contributed by atoms with Gasteiger partial charge in [-0.2, -0.15) is 0 Å². The van der Waals surface area contributed by atoms with Gasteiger partial charge >= 0.3 is 7.82 Å². The van der Waals surface area contributed by atoms with Gasteiger partial charge in [0, 0.05) is 0 Å². The molecule has 0 spiro atoms. The first-order valence-corrected chi connectivity index (χ1v) is 4.99. The van der Waals surface area contributed by atoms with Gasteiger partial charge in [-0.05, 0) is 0 Å². The van der Waals surface area contributed by atoms with Crippen molar-refractivity contribution in [1.82, 2.24) is 0 Å². The lowest BCUT2D eigenvalue weighted by Crippen LogP contribution is -1.99. The second-order valence-electron chi connectivity index (χ2n) is 1.98. The molecule has 0 aromatic heterocycles. The lowest BCUT2D eigenvalue weighted by Gasteiger charge is -2.08. The van der Waals surface area contributed by atoms with Gasteiger partial charge in [0.2, 0.25) is 0 Å². The summed E-state index contributed by atoms with van der Waals surface area (Å²) in [6, 6.07) is 0. The highest BCUT2D eigenvalue weighted by Gasteiger charge is 2.31. The summed E-state index contributed by atoms with van der Waals surface area (Å²) in [6.07, 6.45) is 1.29. The lowest BCUT2D eigenvalue weighted by molar-refractivity contribution is 0.138. The highest BCUT2D eigenvalue weighted by atomic mass is 31.2. The van der Waals surface area contributed by atoms with E-state index in [9.17, 15) is 4.57 Å². The van der Waals surface area contributed by atoms with Crippen LogP contribution < -0.4 is 0 Å². The van der Waals surface area contributed by atoms with E-state index >= 15 is 0 Å². The van der Waals surface area contributed by atoms with Crippen molar-refractivity contribution < 1.29 is 22.9 Å². The Morgan fingerprint density at radius 2 is 2.08 bits per heavy atom. The fourth-order valence-electron chi connectivity index (χ4n) is 0.690. The molecule has 0 N–H and O–H groups in total. The number of ether oxygens (including phenoxy) is 1. The van der Waals surface area contributed by atoms with Crippen LogP contribution in [0.15, 0.2) is 12.8 Å². The summed E-state index contributed by atoms with van der Waals surface area (Å²) >= 11 is 0. The summed E-state index contributed by atoms with van der Waals surface area (Å²) < 4.78 is 30.3. The highest BCUT2D eigenvalue weighted by Crippen LogP contribution is 2.52. The van der Waals surface area contributed by atoms with Gasteiger partial charge in [0.05, 0.1) is 26.1 Å². The Balaban J connectivity index is 2.13. The molecular weight excluding hydrogens is 183 g/mol. The van der Waals surface area contributed by atoms with E-state index in [0.717, 1.165) is 0 Å². The number of phosphoric ester groups is 1. The van der Waals surface area contributed by atoms with E-state index in [-0.39, 0.29) is 6.61 Å². The van der Waals surface area contributed by atoms with Crippen LogP contribution in [0.3, 0.4) is 0 Å². The second kappa shape index (κ2) is 4.62. The molecular formula is C6H11O5P. The zero-order valence-electron chi connectivity index (χ0n) is 6.60. The van der Waals surface area contributed by atoms with Gasteiger partial charge in [0.1, 0.15) is 6.61 Å². The van der Waals surface area contributed by atoms with Crippen LogP contribution in [0.5, 0.6) is 0 Å². The molecule has 0 saturated carbocycles. The first-order chi connectivity index (χ1) is 5.77. The number of phosphoric acid groups is 1. The Bertz CT molecular complexity index is 182. The third-order valence-corrected chi connectivity index (χ3v) is 2.65. The lowest BCUT2D eigenvalue weighted by atomic mass is 10.8. The molecule has 6 heteroatoms. The van der Waals surface area contributed by atoms with E-state index in [1.807, 2.05) is 0 Å². The van der Waals surface area contributed by atoms with Gasteiger partial charge in [-0.15, -0.1) is 0 Å². The average Bonchev–Trinajstić information content (AvgIpc) is 2.47. The Hall–Kier alpha value is -0.350. The molecule has 0 aliphatic carbocycles. The Kier molecular flexibility index (Phi) is 3.75. The van der Waals surface area contributed by atoms with Crippen molar-refractivity contribution in [2.24, 2.45) is 0 Å². The van der Waals surface area contributed by atoms with Crippen LogP contribution in [-0.4, -0.2) is 26.4 Å². The molecule has 1 fully saturated rings. The first-order valence-electron chi connectivity index (χ1n) is 3.53. The molecule has 0 atom stereocenters. The van der Waals surface area contributed by atoms with Crippen molar-refractivity contribution in [3.63, 3.8) is 0 Å². The maximum Gasteiger partial charge on any atom is 0.475 e. The molecule has 1 aliphatic heterocycles. The van der Waals surface area contributed by atoms with E-state index < -0.39 is 7.82 Å². The predicted octanol–water partition coefficient (Wildman–Crippen LogP) is 1.32. The SMILES string of the molecule is C=COCCOP1(=O)OCCO1. The summed E-state index contributed by atoms with van der Waals surface area (Å²) in [6.45, 7) is 4.44. The van der Waals surface area contributed by atoms with Crippen LogP contribution in [-0.2, 0) is 22.9 Å². The molecule has 1 saturated heterocycles. The number of rotatable bonds is 5. The van der Waals surface area contributed by atoms with E-state index in [2.05, 4.69) is 6.58 Å². The predicted molar refractivity (Wildman–Crippen MR) is 41.6 cm³/mol. The quantitative estimate of drug-likeness (QED) is 0.375. The van der Waals surface area contributed by atoms with Crippen molar-refractivity contribution >= 4 is 7.82 Å². The smallest absolute Gasteiger partial charge is 0.475 e. The van der Waals surface area contributed by atoms with Crippen LogP contribution in [0.1, 0.15) is 0 Å². The highest BCUT2D eigenvalue weighted by molar-refractivity contribution is 7.48. The summed E-state index contributed by atoms with van der Waals surface area (Å²) in [5.41, 5.74) is 0. The van der Waals surface area contributed by atoms with Crippen LogP contribution in [0.2, 0.25) is 0 Å². The van der Waals surface area contributed by atoms with Crippen molar-refractivity contribution in [1.29, 1.82) is 0 Å². The van der Waals surface area contributed by atoms with Gasteiger partial charge in [-0.1, -0.05) is 6.58 Å². The standard InChI is InChI=1S/C6H11O5P/c1-2-8-3-4-9-12(7)10-5-6-11-12/h2H,1,3-6H2. The van der Waals surface area contributed by atoms with Crippen molar-refractivity contribution in [2.75, 3.05) is 26.4 Å². The minimum Gasteiger partial charge on any atom is -0.499 e. The molecule has 1 aliphatic rings. The summed E-state index contributed by atoms with van der Waals surface area (Å²) in [4.78, 5) is 0. The molecule has 0 aromatic rings.